The third kappa shape index (κ3) is 3.38. The van der Waals surface area contributed by atoms with Crippen molar-refractivity contribution >= 4 is 33.5 Å². The molecule has 1 aliphatic carbocycles. The van der Waals surface area contributed by atoms with Crippen molar-refractivity contribution in [2.45, 2.75) is 38.2 Å². The minimum atomic E-state index is -0.735. The van der Waals surface area contributed by atoms with Gasteiger partial charge in [-0.1, -0.05) is 22.9 Å². The smallest absolute Gasteiger partial charge is 0.265 e. The highest BCUT2D eigenvalue weighted by molar-refractivity contribution is 9.10. The molecular formula is C17H19BrN2O3. The van der Waals surface area contributed by atoms with E-state index in [4.69, 9.17) is 0 Å². The van der Waals surface area contributed by atoms with Gasteiger partial charge in [-0.05, 0) is 36.6 Å². The second-order valence-corrected chi connectivity index (χ2v) is 7.66. The second-order valence-electron chi connectivity index (χ2n) is 6.74. The van der Waals surface area contributed by atoms with E-state index in [1.165, 1.54) is 0 Å². The number of carbonyl (C=O) groups is 2. The van der Waals surface area contributed by atoms with Gasteiger partial charge >= 0.3 is 0 Å². The van der Waals surface area contributed by atoms with E-state index >= 15 is 0 Å². The van der Waals surface area contributed by atoms with E-state index in [9.17, 15) is 14.7 Å². The molecule has 1 aromatic carbocycles. The molecule has 1 aliphatic heterocycles. The van der Waals surface area contributed by atoms with E-state index in [0.29, 0.717) is 30.7 Å². The summed E-state index contributed by atoms with van der Waals surface area (Å²) in [6, 6.07) is 5.60. The molecule has 2 aliphatic rings. The number of nitrogens with zero attached hydrogens (tertiary/aromatic N) is 2. The fraction of sp³-hybridized carbons (Fsp3) is 0.471. The van der Waals surface area contributed by atoms with Gasteiger partial charge in [0.15, 0.2) is 0 Å². The van der Waals surface area contributed by atoms with Crippen molar-refractivity contribution in [2.75, 3.05) is 13.1 Å². The number of rotatable bonds is 2. The molecule has 1 saturated carbocycles. The van der Waals surface area contributed by atoms with Gasteiger partial charge in [-0.25, -0.2) is 4.99 Å². The normalized spacial score (nSPS) is 26.6. The molecule has 1 aromatic rings. The van der Waals surface area contributed by atoms with Crippen LogP contribution in [0, 0.1) is 0 Å². The first-order chi connectivity index (χ1) is 10.7. The van der Waals surface area contributed by atoms with Crippen LogP contribution >= 0.6 is 15.9 Å². The maximum Gasteiger partial charge on any atom is 0.265 e. The number of aliphatic hydroxyl groups is 1. The first kappa shape index (κ1) is 16.3. The van der Waals surface area contributed by atoms with Crippen molar-refractivity contribution in [3.05, 3.63) is 33.8 Å². The van der Waals surface area contributed by atoms with E-state index in [1.54, 1.807) is 17.9 Å². The number of aliphatic imine (C=N–C) groups is 1. The van der Waals surface area contributed by atoms with Gasteiger partial charge in [0.1, 0.15) is 6.54 Å². The van der Waals surface area contributed by atoms with Crippen molar-refractivity contribution in [3.63, 3.8) is 0 Å². The third-order valence-electron chi connectivity index (χ3n) is 4.34. The Morgan fingerprint density at radius 2 is 2.17 bits per heavy atom. The van der Waals surface area contributed by atoms with E-state index in [2.05, 4.69) is 20.9 Å². The van der Waals surface area contributed by atoms with Gasteiger partial charge in [0.2, 0.25) is 0 Å². The molecule has 5 nitrogen and oxygen atoms in total. The van der Waals surface area contributed by atoms with E-state index in [-0.39, 0.29) is 24.3 Å². The molecule has 1 fully saturated rings. The van der Waals surface area contributed by atoms with Crippen LogP contribution in [0.5, 0.6) is 0 Å². The molecule has 1 N–H and O–H groups in total. The van der Waals surface area contributed by atoms with Gasteiger partial charge in [0, 0.05) is 35.1 Å². The van der Waals surface area contributed by atoms with Crippen LogP contribution in [0.4, 0.5) is 0 Å². The molecule has 0 unspecified atom stereocenters. The summed E-state index contributed by atoms with van der Waals surface area (Å²) >= 11 is 3.43. The SMILES string of the molecule is C[C@H]1CN(CC(=O)N=C2CC(C)(O)C2)C(=O)c2ccc(Br)cc21. The fourth-order valence-electron chi connectivity index (χ4n) is 3.24. The van der Waals surface area contributed by atoms with E-state index < -0.39 is 5.60 Å². The number of amides is 2. The van der Waals surface area contributed by atoms with Crippen LogP contribution in [-0.2, 0) is 4.79 Å². The highest BCUT2D eigenvalue weighted by Crippen LogP contribution is 2.31. The Morgan fingerprint density at radius 1 is 1.48 bits per heavy atom. The summed E-state index contributed by atoms with van der Waals surface area (Å²) in [5.41, 5.74) is 1.64. The number of carbonyl (C=O) groups excluding carboxylic acids is 2. The molecule has 0 bridgehead atoms. The zero-order chi connectivity index (χ0) is 16.8. The summed E-state index contributed by atoms with van der Waals surface area (Å²) in [5.74, 6) is -0.276. The van der Waals surface area contributed by atoms with Crippen LogP contribution in [-0.4, -0.2) is 46.2 Å². The average molecular weight is 379 g/mol. The molecular weight excluding hydrogens is 360 g/mol. The van der Waals surface area contributed by atoms with Gasteiger partial charge in [-0.2, -0.15) is 0 Å². The van der Waals surface area contributed by atoms with Crippen molar-refractivity contribution < 1.29 is 14.7 Å². The number of hydrogen-bond acceptors (Lipinski definition) is 3. The third-order valence-corrected chi connectivity index (χ3v) is 4.83. The topological polar surface area (TPSA) is 70.0 Å². The number of benzene rings is 1. The Labute approximate surface area is 143 Å². The Balaban J connectivity index is 1.71. The molecule has 2 amide bonds. The average Bonchev–Trinajstić information content (AvgIpc) is 2.42. The van der Waals surface area contributed by atoms with Crippen LogP contribution < -0.4 is 0 Å². The minimum absolute atomic E-state index is 0.00960. The first-order valence-corrected chi connectivity index (χ1v) is 8.45. The van der Waals surface area contributed by atoms with Crippen LogP contribution in [0.15, 0.2) is 27.7 Å². The maximum absolute atomic E-state index is 12.6. The van der Waals surface area contributed by atoms with Crippen molar-refractivity contribution in [2.24, 2.45) is 4.99 Å². The van der Waals surface area contributed by atoms with Crippen molar-refractivity contribution in [1.82, 2.24) is 4.90 Å². The van der Waals surface area contributed by atoms with E-state index in [1.807, 2.05) is 19.1 Å². The Kier molecular flexibility index (Phi) is 4.14. The zero-order valence-electron chi connectivity index (χ0n) is 13.2. The van der Waals surface area contributed by atoms with Crippen LogP contribution in [0.1, 0.15) is 48.5 Å². The highest BCUT2D eigenvalue weighted by Gasteiger charge is 2.36. The predicted octanol–water partition coefficient (Wildman–Crippen LogP) is 2.52. The number of fused-ring (bicyclic) bond motifs is 1. The van der Waals surface area contributed by atoms with Crippen molar-refractivity contribution in [1.29, 1.82) is 0 Å². The lowest BCUT2D eigenvalue weighted by atomic mass is 9.80. The molecule has 0 saturated heterocycles. The van der Waals surface area contributed by atoms with Crippen LogP contribution in [0.3, 0.4) is 0 Å². The number of halogens is 1. The summed E-state index contributed by atoms with van der Waals surface area (Å²) in [5, 5.41) is 9.67. The second kappa shape index (κ2) is 5.83. The molecule has 122 valence electrons. The standard InChI is InChI=1S/C17H19BrN2O3/c1-10-8-20(9-15(21)19-12-6-17(2,23)7-12)16(22)13-4-3-11(18)5-14(10)13/h3-5,10,23H,6-9H2,1-2H3/t10-,17?/m0/s1. The summed E-state index contributed by atoms with van der Waals surface area (Å²) in [6.45, 7) is 4.27. The largest absolute Gasteiger partial charge is 0.389 e. The summed E-state index contributed by atoms with van der Waals surface area (Å²) in [6.07, 6.45) is 0.861. The lowest BCUT2D eigenvalue weighted by molar-refractivity contribution is -0.118. The summed E-state index contributed by atoms with van der Waals surface area (Å²) < 4.78 is 0.948. The fourth-order valence-corrected chi connectivity index (χ4v) is 3.61. The van der Waals surface area contributed by atoms with Crippen LogP contribution in [0.25, 0.3) is 0 Å². The molecule has 0 radical (unpaired) electrons. The maximum atomic E-state index is 12.6. The van der Waals surface area contributed by atoms with Crippen molar-refractivity contribution in [3.8, 4) is 0 Å². The zero-order valence-corrected chi connectivity index (χ0v) is 14.8. The Morgan fingerprint density at radius 3 is 2.83 bits per heavy atom. The molecule has 0 spiro atoms. The summed E-state index contributed by atoms with van der Waals surface area (Å²) in [7, 11) is 0. The van der Waals surface area contributed by atoms with Gasteiger partial charge in [0.25, 0.3) is 11.8 Å². The van der Waals surface area contributed by atoms with Gasteiger partial charge in [-0.3, -0.25) is 9.59 Å². The molecule has 0 aromatic heterocycles. The Hall–Kier alpha value is -1.53. The summed E-state index contributed by atoms with van der Waals surface area (Å²) in [4.78, 5) is 30.2. The molecule has 1 heterocycles. The molecule has 23 heavy (non-hydrogen) atoms. The number of hydrogen-bond donors (Lipinski definition) is 1. The quantitative estimate of drug-likeness (QED) is 0.859. The predicted molar refractivity (Wildman–Crippen MR) is 90.8 cm³/mol. The molecule has 1 atom stereocenters. The molecule has 3 rings (SSSR count). The van der Waals surface area contributed by atoms with Gasteiger partial charge in [0.05, 0.1) is 5.60 Å². The van der Waals surface area contributed by atoms with Gasteiger partial charge in [-0.15, -0.1) is 0 Å². The first-order valence-electron chi connectivity index (χ1n) is 7.65. The monoisotopic (exact) mass is 378 g/mol. The lowest BCUT2D eigenvalue weighted by Crippen LogP contribution is -2.44. The highest BCUT2D eigenvalue weighted by atomic mass is 79.9. The minimum Gasteiger partial charge on any atom is -0.389 e. The Bertz CT molecular complexity index is 702. The van der Waals surface area contributed by atoms with Gasteiger partial charge < -0.3 is 10.0 Å². The van der Waals surface area contributed by atoms with E-state index in [0.717, 1.165) is 10.0 Å². The van der Waals surface area contributed by atoms with Crippen LogP contribution in [0.2, 0.25) is 0 Å². The molecule has 6 heteroatoms. The lowest BCUT2D eigenvalue weighted by Gasteiger charge is -2.34.